The number of nitrogens with one attached hydrogen (secondary N) is 1. The van der Waals surface area contributed by atoms with Crippen molar-refractivity contribution in [1.82, 2.24) is 19.4 Å². The summed E-state index contributed by atoms with van der Waals surface area (Å²) >= 11 is 0. The molecule has 1 saturated heterocycles. The Hall–Kier alpha value is -2.61. The van der Waals surface area contributed by atoms with Gasteiger partial charge in [0.05, 0.1) is 18.1 Å². The highest BCUT2D eigenvalue weighted by Gasteiger charge is 2.20. The van der Waals surface area contributed by atoms with E-state index in [-0.39, 0.29) is 11.9 Å². The number of esters is 1. The van der Waals surface area contributed by atoms with Crippen molar-refractivity contribution in [3.63, 3.8) is 0 Å². The molecule has 0 aliphatic carbocycles. The molecule has 3 rings (SSSR count). The van der Waals surface area contributed by atoms with Crippen LogP contribution in [0.2, 0.25) is 0 Å². The number of piperidine rings is 1. The van der Waals surface area contributed by atoms with Crippen LogP contribution in [0, 0.1) is 11.8 Å². The van der Waals surface area contributed by atoms with Gasteiger partial charge in [0.1, 0.15) is 0 Å². The van der Waals surface area contributed by atoms with Gasteiger partial charge < -0.3 is 24.4 Å². The number of rotatable bonds is 14. The lowest BCUT2D eigenvalue weighted by Gasteiger charge is -2.27. The number of fused-ring (bicyclic) bond motifs is 1. The predicted octanol–water partition coefficient (Wildman–Crippen LogP) is 5.03. The lowest BCUT2D eigenvalue weighted by atomic mass is 10.1. The molecule has 1 amide bonds. The average molecular weight is 514 g/mol. The molecule has 1 aromatic carbocycles. The largest absolute Gasteiger partial charge is 0.469 e. The van der Waals surface area contributed by atoms with Gasteiger partial charge in [-0.3, -0.25) is 9.59 Å². The molecule has 0 atom stereocenters. The molecule has 0 spiro atoms. The van der Waals surface area contributed by atoms with Crippen molar-refractivity contribution in [2.75, 3.05) is 51.7 Å². The van der Waals surface area contributed by atoms with Crippen molar-refractivity contribution < 1.29 is 14.3 Å². The van der Waals surface area contributed by atoms with E-state index in [0.717, 1.165) is 49.6 Å². The predicted molar refractivity (Wildman–Crippen MR) is 150 cm³/mol. The molecule has 0 bridgehead atoms. The van der Waals surface area contributed by atoms with Crippen molar-refractivity contribution in [3.8, 4) is 0 Å². The number of carbonyl (C=O) groups is 2. The molecule has 37 heavy (non-hydrogen) atoms. The Balaban J connectivity index is 1.82. The average Bonchev–Trinajstić information content (AvgIpc) is 3.22. The normalized spacial score (nSPS) is 14.5. The number of aryl methyl sites for hydroxylation is 1. The highest BCUT2D eigenvalue weighted by molar-refractivity contribution is 5.97. The molecule has 0 unspecified atom stereocenters. The third-order valence-corrected chi connectivity index (χ3v) is 6.83. The molecule has 0 radical (unpaired) electrons. The maximum absolute atomic E-state index is 13.5. The standard InChI is InChI=1S/C29H47N5O3/c1-22(2)20-33(21-23(3)4)28(36)24-12-13-25-26(19-24)34(18-10-17-32-15-7-6-8-16-32)29(31-25)30-14-9-11-27(35)37-5/h12-13,19,22-23H,6-11,14-18,20-21H2,1-5H3,(H,30,31). The Morgan fingerprint density at radius 2 is 1.73 bits per heavy atom. The van der Waals surface area contributed by atoms with Crippen LogP contribution in [0.25, 0.3) is 11.0 Å². The number of aromatic nitrogens is 2. The van der Waals surface area contributed by atoms with Crippen LogP contribution in [-0.4, -0.2) is 77.6 Å². The number of likely N-dealkylation sites (tertiary alicyclic amines) is 1. The summed E-state index contributed by atoms with van der Waals surface area (Å²) in [6.07, 6.45) is 5.98. The van der Waals surface area contributed by atoms with Crippen LogP contribution in [0.5, 0.6) is 0 Å². The minimum atomic E-state index is -0.202. The van der Waals surface area contributed by atoms with Crippen LogP contribution in [0.15, 0.2) is 18.2 Å². The van der Waals surface area contributed by atoms with E-state index in [0.29, 0.717) is 36.8 Å². The second-order valence-electron chi connectivity index (χ2n) is 11.2. The van der Waals surface area contributed by atoms with Crippen LogP contribution in [0.3, 0.4) is 0 Å². The van der Waals surface area contributed by atoms with Crippen LogP contribution >= 0.6 is 0 Å². The molecule has 1 aliphatic heterocycles. The maximum atomic E-state index is 13.5. The third kappa shape index (κ3) is 8.73. The molecular formula is C29H47N5O3. The number of carbonyl (C=O) groups excluding carboxylic acids is 2. The zero-order valence-corrected chi connectivity index (χ0v) is 23.6. The summed E-state index contributed by atoms with van der Waals surface area (Å²) in [7, 11) is 1.42. The van der Waals surface area contributed by atoms with E-state index in [4.69, 9.17) is 9.72 Å². The van der Waals surface area contributed by atoms with E-state index in [1.807, 2.05) is 23.1 Å². The minimum absolute atomic E-state index is 0.0814. The highest BCUT2D eigenvalue weighted by Crippen LogP contribution is 2.24. The van der Waals surface area contributed by atoms with E-state index < -0.39 is 0 Å². The molecule has 1 aromatic heterocycles. The summed E-state index contributed by atoms with van der Waals surface area (Å²) < 4.78 is 6.97. The fourth-order valence-corrected chi connectivity index (χ4v) is 5.09. The van der Waals surface area contributed by atoms with E-state index in [1.165, 1.54) is 39.5 Å². The number of ether oxygens (including phenoxy) is 1. The van der Waals surface area contributed by atoms with Crippen LogP contribution in [0.4, 0.5) is 5.95 Å². The molecule has 1 N–H and O–H groups in total. The number of amides is 1. The van der Waals surface area contributed by atoms with Crippen molar-refractivity contribution in [1.29, 1.82) is 0 Å². The van der Waals surface area contributed by atoms with Gasteiger partial charge in [0.2, 0.25) is 5.95 Å². The summed E-state index contributed by atoms with van der Waals surface area (Å²) in [6.45, 7) is 15.0. The molecule has 2 aromatic rings. The second-order valence-corrected chi connectivity index (χ2v) is 11.2. The van der Waals surface area contributed by atoms with Crippen molar-refractivity contribution in [2.24, 2.45) is 11.8 Å². The SMILES string of the molecule is COC(=O)CCCNc1nc2ccc(C(=O)N(CC(C)C)CC(C)C)cc2n1CCCN1CCCCC1. The lowest BCUT2D eigenvalue weighted by Crippen LogP contribution is -2.37. The number of anilines is 1. The number of imidazole rings is 1. The second kappa shape index (κ2) is 14.4. The van der Waals surface area contributed by atoms with Crippen molar-refractivity contribution in [3.05, 3.63) is 23.8 Å². The zero-order chi connectivity index (χ0) is 26.8. The van der Waals surface area contributed by atoms with Gasteiger partial charge >= 0.3 is 5.97 Å². The number of benzene rings is 1. The van der Waals surface area contributed by atoms with Gasteiger partial charge in [0.15, 0.2) is 0 Å². The van der Waals surface area contributed by atoms with Gasteiger partial charge in [-0.25, -0.2) is 4.98 Å². The Morgan fingerprint density at radius 3 is 2.38 bits per heavy atom. The van der Waals surface area contributed by atoms with Gasteiger partial charge in [-0.15, -0.1) is 0 Å². The monoisotopic (exact) mass is 513 g/mol. The first kappa shape index (κ1) is 29.0. The van der Waals surface area contributed by atoms with Crippen molar-refractivity contribution >= 4 is 28.9 Å². The first-order chi connectivity index (χ1) is 17.8. The Kier molecular flexibility index (Phi) is 11.2. The summed E-state index contributed by atoms with van der Waals surface area (Å²) in [5.74, 6) is 1.50. The van der Waals surface area contributed by atoms with E-state index in [1.54, 1.807) is 0 Å². The van der Waals surface area contributed by atoms with Gasteiger partial charge in [-0.1, -0.05) is 34.1 Å². The van der Waals surface area contributed by atoms with Gasteiger partial charge in [0, 0.05) is 38.2 Å². The first-order valence-electron chi connectivity index (χ1n) is 14.1. The number of nitrogens with zero attached hydrogens (tertiary/aromatic N) is 4. The number of hydrogen-bond acceptors (Lipinski definition) is 6. The fourth-order valence-electron chi connectivity index (χ4n) is 5.09. The van der Waals surface area contributed by atoms with Crippen LogP contribution in [0.1, 0.15) is 76.6 Å². The molecule has 1 fully saturated rings. The summed E-state index contributed by atoms with van der Waals surface area (Å²) in [5, 5.41) is 3.43. The molecule has 206 valence electrons. The van der Waals surface area contributed by atoms with Gasteiger partial charge in [-0.05, 0) is 75.4 Å². The van der Waals surface area contributed by atoms with Gasteiger partial charge in [-0.2, -0.15) is 0 Å². The number of hydrogen-bond donors (Lipinski definition) is 1. The zero-order valence-electron chi connectivity index (χ0n) is 23.6. The highest BCUT2D eigenvalue weighted by atomic mass is 16.5. The molecular weight excluding hydrogens is 466 g/mol. The third-order valence-electron chi connectivity index (χ3n) is 6.83. The maximum Gasteiger partial charge on any atom is 0.305 e. The Morgan fingerprint density at radius 1 is 1.03 bits per heavy atom. The molecule has 2 heterocycles. The Bertz CT molecular complexity index is 1000. The first-order valence-corrected chi connectivity index (χ1v) is 14.1. The Labute approximate surface area is 222 Å². The fraction of sp³-hybridized carbons (Fsp3) is 0.690. The molecule has 1 aliphatic rings. The smallest absolute Gasteiger partial charge is 0.305 e. The molecule has 8 heteroatoms. The van der Waals surface area contributed by atoms with Crippen LogP contribution < -0.4 is 5.32 Å². The van der Waals surface area contributed by atoms with E-state index in [2.05, 4.69) is 42.5 Å². The summed E-state index contributed by atoms with van der Waals surface area (Å²) in [5.41, 5.74) is 2.57. The topological polar surface area (TPSA) is 79.7 Å². The van der Waals surface area contributed by atoms with Crippen molar-refractivity contribution in [2.45, 2.75) is 72.8 Å². The van der Waals surface area contributed by atoms with Crippen LogP contribution in [-0.2, 0) is 16.1 Å². The molecule has 8 nitrogen and oxygen atoms in total. The molecule has 0 saturated carbocycles. The van der Waals surface area contributed by atoms with E-state index >= 15 is 0 Å². The van der Waals surface area contributed by atoms with E-state index in [9.17, 15) is 9.59 Å². The van der Waals surface area contributed by atoms with Gasteiger partial charge in [0.25, 0.3) is 5.91 Å². The summed E-state index contributed by atoms with van der Waals surface area (Å²) in [6, 6.07) is 5.88. The minimum Gasteiger partial charge on any atom is -0.469 e. The summed E-state index contributed by atoms with van der Waals surface area (Å²) in [4.78, 5) is 34.4. The number of methoxy groups -OCH3 is 1. The lowest BCUT2D eigenvalue weighted by molar-refractivity contribution is -0.140. The quantitative estimate of drug-likeness (QED) is 0.282.